The number of aromatic nitrogens is 4. The van der Waals surface area contributed by atoms with E-state index in [0.717, 1.165) is 5.56 Å². The van der Waals surface area contributed by atoms with Gasteiger partial charge in [0.1, 0.15) is 0 Å². The molecule has 0 unspecified atom stereocenters. The number of rotatable bonds is 4. The molecule has 112 valence electrons. The molecular weight excluding hydrogens is 280 g/mol. The van der Waals surface area contributed by atoms with E-state index >= 15 is 0 Å². The molecule has 22 heavy (non-hydrogen) atoms. The maximum Gasteiger partial charge on any atom is 0.323 e. The predicted molar refractivity (Wildman–Crippen MR) is 83.6 cm³/mol. The summed E-state index contributed by atoms with van der Waals surface area (Å²) in [7, 11) is 1.79. The van der Waals surface area contributed by atoms with Crippen molar-refractivity contribution in [3.8, 4) is 0 Å². The molecule has 7 nitrogen and oxygen atoms in total. The second-order valence-electron chi connectivity index (χ2n) is 4.89. The number of hydrogen-bond acceptors (Lipinski definition) is 3. The van der Waals surface area contributed by atoms with Gasteiger partial charge in [0.2, 0.25) is 0 Å². The van der Waals surface area contributed by atoms with Crippen LogP contribution in [0.1, 0.15) is 5.56 Å². The first-order chi connectivity index (χ1) is 10.7. The maximum absolute atomic E-state index is 11.9. The highest BCUT2D eigenvalue weighted by atomic mass is 16.2. The van der Waals surface area contributed by atoms with Crippen molar-refractivity contribution in [3.63, 3.8) is 0 Å². The zero-order valence-electron chi connectivity index (χ0n) is 12.1. The highest BCUT2D eigenvalue weighted by molar-refractivity contribution is 5.99. The lowest BCUT2D eigenvalue weighted by Gasteiger charge is -2.03. The van der Waals surface area contributed by atoms with E-state index in [1.165, 1.54) is 0 Å². The molecule has 0 aliphatic rings. The Morgan fingerprint density at radius 2 is 1.73 bits per heavy atom. The Morgan fingerprint density at radius 1 is 1.05 bits per heavy atom. The monoisotopic (exact) mass is 296 g/mol. The minimum Gasteiger partial charge on any atom is -0.305 e. The highest BCUT2D eigenvalue weighted by Crippen LogP contribution is 2.09. The van der Waals surface area contributed by atoms with Gasteiger partial charge < -0.3 is 10.6 Å². The number of amides is 2. The number of urea groups is 1. The van der Waals surface area contributed by atoms with E-state index in [1.807, 2.05) is 30.3 Å². The Morgan fingerprint density at radius 3 is 2.41 bits per heavy atom. The van der Waals surface area contributed by atoms with Crippen molar-refractivity contribution in [2.75, 3.05) is 10.6 Å². The molecule has 0 saturated heterocycles. The van der Waals surface area contributed by atoms with Crippen molar-refractivity contribution >= 4 is 17.4 Å². The highest BCUT2D eigenvalue weighted by Gasteiger charge is 2.06. The van der Waals surface area contributed by atoms with Crippen LogP contribution in [0.5, 0.6) is 0 Å². The molecule has 0 atom stereocenters. The summed E-state index contributed by atoms with van der Waals surface area (Å²) in [4.78, 5) is 11.9. The number of carbonyl (C=O) groups is 1. The molecule has 2 aromatic heterocycles. The fourth-order valence-corrected chi connectivity index (χ4v) is 2.06. The van der Waals surface area contributed by atoms with E-state index in [2.05, 4.69) is 20.8 Å². The number of nitrogens with zero attached hydrogens (tertiary/aromatic N) is 4. The molecule has 0 aliphatic carbocycles. The number of aryl methyl sites for hydroxylation is 1. The van der Waals surface area contributed by atoms with E-state index in [4.69, 9.17) is 0 Å². The fourth-order valence-electron chi connectivity index (χ4n) is 2.06. The fraction of sp³-hybridized carbons (Fsp3) is 0.133. The molecule has 0 aliphatic heterocycles. The second kappa shape index (κ2) is 6.13. The van der Waals surface area contributed by atoms with Gasteiger partial charge in [-0.25, -0.2) is 4.79 Å². The topological polar surface area (TPSA) is 76.8 Å². The minimum atomic E-state index is -0.327. The van der Waals surface area contributed by atoms with Crippen molar-refractivity contribution < 1.29 is 4.79 Å². The summed E-state index contributed by atoms with van der Waals surface area (Å²) in [5.74, 6) is 0. The number of carbonyl (C=O) groups excluding carboxylic acids is 1. The summed E-state index contributed by atoms with van der Waals surface area (Å²) < 4.78 is 3.39. The summed E-state index contributed by atoms with van der Waals surface area (Å²) >= 11 is 0. The van der Waals surface area contributed by atoms with Gasteiger partial charge in [-0.15, -0.1) is 0 Å². The smallest absolute Gasteiger partial charge is 0.305 e. The first-order valence-electron chi connectivity index (χ1n) is 6.82. The molecule has 3 aromatic rings. The second-order valence-corrected chi connectivity index (χ2v) is 4.89. The van der Waals surface area contributed by atoms with Crippen LogP contribution in [0.4, 0.5) is 16.2 Å². The maximum atomic E-state index is 11.9. The van der Waals surface area contributed by atoms with Crippen LogP contribution in [0.25, 0.3) is 0 Å². The first-order valence-corrected chi connectivity index (χ1v) is 6.82. The van der Waals surface area contributed by atoms with E-state index in [1.54, 1.807) is 41.2 Å². The number of benzene rings is 1. The lowest BCUT2D eigenvalue weighted by Crippen LogP contribution is -2.18. The first kappa shape index (κ1) is 13.9. The molecule has 3 rings (SSSR count). The third-order valence-electron chi connectivity index (χ3n) is 3.04. The van der Waals surface area contributed by atoms with Crippen LogP contribution in [0.3, 0.4) is 0 Å². The van der Waals surface area contributed by atoms with Crippen LogP contribution in [0.15, 0.2) is 55.1 Å². The minimum absolute atomic E-state index is 0.327. The Hall–Kier alpha value is -3.09. The Bertz CT molecular complexity index is 761. The number of nitrogens with one attached hydrogen (secondary N) is 2. The third-order valence-corrected chi connectivity index (χ3v) is 3.04. The van der Waals surface area contributed by atoms with Crippen LogP contribution in [0.2, 0.25) is 0 Å². The molecule has 1 aromatic carbocycles. The lowest BCUT2D eigenvalue weighted by molar-refractivity contribution is 0.262. The van der Waals surface area contributed by atoms with Gasteiger partial charge >= 0.3 is 6.03 Å². The normalized spacial score (nSPS) is 10.4. The van der Waals surface area contributed by atoms with Gasteiger partial charge in [-0.1, -0.05) is 30.3 Å². The van der Waals surface area contributed by atoms with Crippen molar-refractivity contribution in [3.05, 3.63) is 60.7 Å². The number of anilines is 2. The molecule has 2 N–H and O–H groups in total. The average Bonchev–Trinajstić information content (AvgIpc) is 3.09. The SMILES string of the molecule is Cn1cc(NC(=O)Nc2cnn(Cc3ccccc3)c2)cn1. The molecule has 0 saturated carbocycles. The molecule has 2 heterocycles. The molecule has 7 heteroatoms. The zero-order valence-corrected chi connectivity index (χ0v) is 12.1. The quantitative estimate of drug-likeness (QED) is 0.775. The van der Waals surface area contributed by atoms with Crippen LogP contribution in [0, 0.1) is 0 Å². The van der Waals surface area contributed by atoms with Crippen LogP contribution >= 0.6 is 0 Å². The van der Waals surface area contributed by atoms with Gasteiger partial charge in [0.05, 0.1) is 30.3 Å². The van der Waals surface area contributed by atoms with E-state index in [0.29, 0.717) is 17.9 Å². The van der Waals surface area contributed by atoms with Crippen LogP contribution < -0.4 is 10.6 Å². The van der Waals surface area contributed by atoms with Gasteiger partial charge in [0, 0.05) is 19.4 Å². The van der Waals surface area contributed by atoms with Crippen LogP contribution in [-0.4, -0.2) is 25.6 Å². The summed E-state index contributed by atoms with van der Waals surface area (Å²) in [6.45, 7) is 0.659. The summed E-state index contributed by atoms with van der Waals surface area (Å²) in [6.07, 6.45) is 6.71. The van der Waals surface area contributed by atoms with E-state index < -0.39 is 0 Å². The lowest BCUT2D eigenvalue weighted by atomic mass is 10.2. The molecule has 0 bridgehead atoms. The van der Waals surface area contributed by atoms with Gasteiger partial charge in [-0.05, 0) is 5.56 Å². The van der Waals surface area contributed by atoms with E-state index in [-0.39, 0.29) is 6.03 Å². The molecule has 0 fully saturated rings. The summed E-state index contributed by atoms with van der Waals surface area (Å²) in [5.41, 5.74) is 2.42. The Labute approximate surface area is 127 Å². The van der Waals surface area contributed by atoms with Crippen molar-refractivity contribution in [2.45, 2.75) is 6.54 Å². The molecular formula is C15H16N6O. The van der Waals surface area contributed by atoms with Gasteiger partial charge in [-0.3, -0.25) is 9.36 Å². The van der Waals surface area contributed by atoms with Crippen molar-refractivity contribution in [1.29, 1.82) is 0 Å². The number of hydrogen-bond donors (Lipinski definition) is 2. The third kappa shape index (κ3) is 3.51. The zero-order chi connectivity index (χ0) is 15.4. The summed E-state index contributed by atoms with van der Waals surface area (Å²) in [5, 5.41) is 13.7. The van der Waals surface area contributed by atoms with Crippen molar-refractivity contribution in [2.24, 2.45) is 7.05 Å². The van der Waals surface area contributed by atoms with Gasteiger partial charge in [0.25, 0.3) is 0 Å². The van der Waals surface area contributed by atoms with Crippen LogP contribution in [-0.2, 0) is 13.6 Å². The molecule has 0 radical (unpaired) electrons. The predicted octanol–water partition coefficient (Wildman–Crippen LogP) is 2.31. The molecule has 0 spiro atoms. The Balaban J connectivity index is 1.58. The van der Waals surface area contributed by atoms with E-state index in [9.17, 15) is 4.79 Å². The average molecular weight is 296 g/mol. The van der Waals surface area contributed by atoms with Crippen molar-refractivity contribution in [1.82, 2.24) is 19.6 Å². The summed E-state index contributed by atoms with van der Waals surface area (Å²) in [6, 6.07) is 9.68. The molecule has 2 amide bonds. The van der Waals surface area contributed by atoms with Gasteiger partial charge in [0.15, 0.2) is 0 Å². The Kier molecular flexibility index (Phi) is 3.86. The largest absolute Gasteiger partial charge is 0.323 e. The standard InChI is InChI=1S/C15H16N6O/c1-20-10-13(7-16-20)18-15(22)19-14-8-17-21(11-14)9-12-5-3-2-4-6-12/h2-8,10-11H,9H2,1H3,(H2,18,19,22). The van der Waals surface area contributed by atoms with Gasteiger partial charge in [-0.2, -0.15) is 10.2 Å².